The fraction of sp³-hybridized carbons (Fsp3) is 0.125. The molecule has 0 saturated carbocycles. The lowest BCUT2D eigenvalue weighted by Crippen LogP contribution is -2.46. The normalized spacial score (nSPS) is 18.2. The van der Waals surface area contributed by atoms with Gasteiger partial charge in [-0.1, -0.05) is 78.0 Å². The number of rotatable bonds is 5. The molecule has 158 valence electrons. The first-order valence-electron chi connectivity index (χ1n) is 10.1. The van der Waals surface area contributed by atoms with Crippen molar-refractivity contribution in [3.63, 3.8) is 0 Å². The van der Waals surface area contributed by atoms with E-state index in [-0.39, 0.29) is 13.1 Å². The molecular formula is C24H19N5O3. The van der Waals surface area contributed by atoms with Crippen LogP contribution in [0.25, 0.3) is 10.9 Å². The maximum Gasteiger partial charge on any atom is 0.326 e. The van der Waals surface area contributed by atoms with Crippen molar-refractivity contribution in [2.24, 2.45) is 0 Å². The number of carbonyl (C=O) groups excluding carboxylic acids is 2. The Labute approximate surface area is 183 Å². The average Bonchev–Trinajstić information content (AvgIpc) is 3.07. The van der Waals surface area contributed by atoms with Crippen molar-refractivity contribution in [3.05, 3.63) is 106 Å². The molecule has 1 aromatic heterocycles. The molecule has 0 bridgehead atoms. The van der Waals surface area contributed by atoms with Gasteiger partial charge in [-0.25, -0.2) is 9.69 Å². The molecule has 3 aromatic carbocycles. The molecule has 4 aromatic rings. The number of fused-ring (bicyclic) bond motifs is 1. The Morgan fingerprint density at radius 1 is 0.812 bits per heavy atom. The summed E-state index contributed by atoms with van der Waals surface area (Å²) in [5.74, 6) is -0.445. The topological polar surface area (TPSA) is 97.2 Å². The Bertz CT molecular complexity index is 1370. The van der Waals surface area contributed by atoms with Crippen LogP contribution in [0.1, 0.15) is 11.1 Å². The highest BCUT2D eigenvalue weighted by molar-refractivity contribution is 6.07. The molecule has 8 heteroatoms. The van der Waals surface area contributed by atoms with E-state index in [9.17, 15) is 14.4 Å². The van der Waals surface area contributed by atoms with Gasteiger partial charge in [-0.3, -0.25) is 9.59 Å². The number of amides is 3. The summed E-state index contributed by atoms with van der Waals surface area (Å²) in [4.78, 5) is 40.5. The van der Waals surface area contributed by atoms with Crippen LogP contribution in [0.15, 0.2) is 89.7 Å². The molecule has 1 fully saturated rings. The standard InChI is InChI=1S/C24H19N5O3/c30-21-19-13-7-8-14-20(19)26-27-29(21)16-28-22(31)24(25-23(28)32,18-11-5-2-6-12-18)15-17-9-3-1-4-10-17/h1-14H,15-16H2,(H,25,32)/t24-/m1/s1. The first-order chi connectivity index (χ1) is 15.6. The van der Waals surface area contributed by atoms with Gasteiger partial charge in [-0.05, 0) is 23.3 Å². The Morgan fingerprint density at radius 2 is 1.47 bits per heavy atom. The summed E-state index contributed by atoms with van der Waals surface area (Å²) in [6.45, 7) is -0.329. The van der Waals surface area contributed by atoms with E-state index in [4.69, 9.17) is 0 Å². The Kier molecular flexibility index (Phi) is 4.74. The van der Waals surface area contributed by atoms with E-state index in [0.29, 0.717) is 16.5 Å². The van der Waals surface area contributed by atoms with Gasteiger partial charge >= 0.3 is 6.03 Å². The Balaban J connectivity index is 1.54. The second kappa shape index (κ2) is 7.73. The summed E-state index contributed by atoms with van der Waals surface area (Å²) in [7, 11) is 0. The van der Waals surface area contributed by atoms with Crippen molar-refractivity contribution in [2.45, 2.75) is 18.6 Å². The molecule has 1 atom stereocenters. The monoisotopic (exact) mass is 425 g/mol. The van der Waals surface area contributed by atoms with Crippen LogP contribution in [-0.2, 0) is 23.4 Å². The SMILES string of the molecule is O=C1N[C@](Cc2ccccc2)(c2ccccc2)C(=O)N1Cn1nnc2ccccc2c1=O. The number of aromatic nitrogens is 3. The third-order valence-corrected chi connectivity index (χ3v) is 5.66. The first kappa shape index (κ1) is 19.6. The van der Waals surface area contributed by atoms with Crippen LogP contribution in [0.2, 0.25) is 0 Å². The number of hydrogen-bond donors (Lipinski definition) is 1. The minimum atomic E-state index is -1.28. The number of hydrogen-bond acceptors (Lipinski definition) is 5. The van der Waals surface area contributed by atoms with Crippen molar-refractivity contribution in [2.75, 3.05) is 0 Å². The van der Waals surface area contributed by atoms with Crippen molar-refractivity contribution in [3.8, 4) is 0 Å². The molecule has 8 nitrogen and oxygen atoms in total. The lowest BCUT2D eigenvalue weighted by Gasteiger charge is -2.27. The molecule has 0 radical (unpaired) electrons. The van der Waals surface area contributed by atoms with Gasteiger partial charge in [-0.15, -0.1) is 5.10 Å². The molecule has 1 aliphatic heterocycles. The Hall–Kier alpha value is -4.33. The molecule has 3 amide bonds. The van der Waals surface area contributed by atoms with Crippen LogP contribution in [0, 0.1) is 0 Å². The quantitative estimate of drug-likeness (QED) is 0.496. The van der Waals surface area contributed by atoms with Crippen molar-refractivity contribution < 1.29 is 9.59 Å². The fourth-order valence-corrected chi connectivity index (χ4v) is 4.05. The van der Waals surface area contributed by atoms with Crippen LogP contribution in [-0.4, -0.2) is 31.8 Å². The highest BCUT2D eigenvalue weighted by Crippen LogP contribution is 2.33. The summed E-state index contributed by atoms with van der Waals surface area (Å²) in [5.41, 5.74) is 0.314. The van der Waals surface area contributed by atoms with Crippen molar-refractivity contribution in [1.82, 2.24) is 25.2 Å². The number of imide groups is 1. The van der Waals surface area contributed by atoms with Crippen LogP contribution in [0.3, 0.4) is 0 Å². The lowest BCUT2D eigenvalue weighted by atomic mass is 9.83. The van der Waals surface area contributed by atoms with E-state index in [1.165, 1.54) is 0 Å². The van der Waals surface area contributed by atoms with Crippen molar-refractivity contribution >= 4 is 22.8 Å². The molecule has 1 N–H and O–H groups in total. The first-order valence-corrected chi connectivity index (χ1v) is 10.1. The van der Waals surface area contributed by atoms with Gasteiger partial charge in [0.05, 0.1) is 5.39 Å². The largest absolute Gasteiger partial charge is 0.326 e. The van der Waals surface area contributed by atoms with E-state index in [1.54, 1.807) is 24.3 Å². The fourth-order valence-electron chi connectivity index (χ4n) is 4.05. The third-order valence-electron chi connectivity index (χ3n) is 5.66. The second-order valence-electron chi connectivity index (χ2n) is 7.65. The number of carbonyl (C=O) groups is 2. The lowest BCUT2D eigenvalue weighted by molar-refractivity contribution is -0.133. The van der Waals surface area contributed by atoms with Crippen LogP contribution in [0.5, 0.6) is 0 Å². The maximum atomic E-state index is 13.7. The van der Waals surface area contributed by atoms with E-state index in [2.05, 4.69) is 15.6 Å². The van der Waals surface area contributed by atoms with Crippen LogP contribution in [0.4, 0.5) is 4.79 Å². The molecule has 32 heavy (non-hydrogen) atoms. The van der Waals surface area contributed by atoms with Gasteiger partial charge in [0.1, 0.15) is 12.2 Å². The van der Waals surface area contributed by atoms with E-state index in [1.807, 2.05) is 60.7 Å². The number of nitrogens with one attached hydrogen (secondary N) is 1. The summed E-state index contributed by atoms with van der Waals surface area (Å²) < 4.78 is 1.03. The molecule has 0 unspecified atom stereocenters. The molecular weight excluding hydrogens is 406 g/mol. The predicted molar refractivity (Wildman–Crippen MR) is 117 cm³/mol. The zero-order chi connectivity index (χ0) is 22.1. The highest BCUT2D eigenvalue weighted by atomic mass is 16.2. The number of urea groups is 1. The van der Waals surface area contributed by atoms with E-state index < -0.39 is 23.0 Å². The molecule has 5 rings (SSSR count). The minimum absolute atomic E-state index is 0.275. The van der Waals surface area contributed by atoms with Crippen LogP contribution < -0.4 is 10.9 Å². The zero-order valence-electron chi connectivity index (χ0n) is 17.0. The van der Waals surface area contributed by atoms with Gasteiger partial charge < -0.3 is 5.32 Å². The summed E-state index contributed by atoms with van der Waals surface area (Å²) in [5, 5.41) is 11.2. The molecule has 0 aliphatic carbocycles. The molecule has 1 aliphatic rings. The van der Waals surface area contributed by atoms with Gasteiger partial charge in [0.15, 0.2) is 5.54 Å². The molecule has 2 heterocycles. The van der Waals surface area contributed by atoms with Crippen LogP contribution >= 0.6 is 0 Å². The van der Waals surface area contributed by atoms with Crippen molar-refractivity contribution in [1.29, 1.82) is 0 Å². The third kappa shape index (κ3) is 3.22. The summed E-state index contributed by atoms with van der Waals surface area (Å²) in [6, 6.07) is 24.8. The number of nitrogens with zero attached hydrogens (tertiary/aromatic N) is 4. The minimum Gasteiger partial charge on any atom is -0.319 e. The summed E-state index contributed by atoms with van der Waals surface area (Å²) in [6.07, 6.45) is 0.275. The summed E-state index contributed by atoms with van der Waals surface area (Å²) >= 11 is 0. The molecule has 1 saturated heterocycles. The molecule has 0 spiro atoms. The smallest absolute Gasteiger partial charge is 0.319 e. The second-order valence-corrected chi connectivity index (χ2v) is 7.65. The Morgan fingerprint density at radius 3 is 2.22 bits per heavy atom. The van der Waals surface area contributed by atoms with E-state index in [0.717, 1.165) is 15.1 Å². The number of benzene rings is 3. The van der Waals surface area contributed by atoms with Gasteiger partial charge in [0.2, 0.25) is 0 Å². The van der Waals surface area contributed by atoms with Gasteiger partial charge in [0, 0.05) is 6.42 Å². The highest BCUT2D eigenvalue weighted by Gasteiger charge is 2.52. The predicted octanol–water partition coefficient (Wildman–Crippen LogP) is 2.44. The van der Waals surface area contributed by atoms with E-state index >= 15 is 0 Å². The van der Waals surface area contributed by atoms with Gasteiger partial charge in [-0.2, -0.15) is 4.68 Å². The average molecular weight is 425 g/mol. The maximum absolute atomic E-state index is 13.7. The van der Waals surface area contributed by atoms with Gasteiger partial charge in [0.25, 0.3) is 11.5 Å². The zero-order valence-corrected chi connectivity index (χ0v) is 17.0.